The van der Waals surface area contributed by atoms with E-state index in [1.807, 2.05) is 6.07 Å². The van der Waals surface area contributed by atoms with Crippen LogP contribution in [-0.2, 0) is 6.54 Å². The molecule has 0 unspecified atom stereocenters. The fourth-order valence-electron chi connectivity index (χ4n) is 1.64. The molecule has 0 fully saturated rings. The van der Waals surface area contributed by atoms with Gasteiger partial charge in [0.25, 0.3) is 5.91 Å². The first-order valence-electron chi connectivity index (χ1n) is 5.80. The molecular weight excluding hydrogens is 320 g/mol. The molecule has 1 heterocycles. The summed E-state index contributed by atoms with van der Waals surface area (Å²) in [6, 6.07) is 10.3. The number of hydrogen-bond acceptors (Lipinski definition) is 4. The van der Waals surface area contributed by atoms with Gasteiger partial charge in [0.15, 0.2) is 0 Å². The van der Waals surface area contributed by atoms with Gasteiger partial charge < -0.3 is 11.1 Å². The molecule has 0 bridgehead atoms. The lowest BCUT2D eigenvalue weighted by Gasteiger charge is -2.08. The summed E-state index contributed by atoms with van der Waals surface area (Å²) < 4.78 is 0.779. The van der Waals surface area contributed by atoms with E-state index in [2.05, 4.69) is 26.2 Å². The Bertz CT molecular complexity index is 694. The van der Waals surface area contributed by atoms with Crippen molar-refractivity contribution in [3.63, 3.8) is 0 Å². The minimum absolute atomic E-state index is 0.267. The zero-order valence-electron chi connectivity index (χ0n) is 10.4. The van der Waals surface area contributed by atoms with Crippen molar-refractivity contribution in [2.75, 3.05) is 5.32 Å². The van der Waals surface area contributed by atoms with Crippen molar-refractivity contribution in [2.45, 2.75) is 6.54 Å². The number of nitrogens with two attached hydrogens (primary N) is 1. The fourth-order valence-corrected chi connectivity index (χ4v) is 2.00. The summed E-state index contributed by atoms with van der Waals surface area (Å²) in [5.41, 5.74) is 7.43. The number of amides is 1. The van der Waals surface area contributed by atoms with E-state index in [1.54, 1.807) is 30.3 Å². The van der Waals surface area contributed by atoms with Gasteiger partial charge in [0.2, 0.25) is 0 Å². The smallest absolute Gasteiger partial charge is 0.255 e. The molecule has 0 radical (unpaired) electrons. The Morgan fingerprint density at radius 3 is 2.90 bits per heavy atom. The third-order valence-electron chi connectivity index (χ3n) is 2.64. The first-order valence-corrected chi connectivity index (χ1v) is 6.59. The van der Waals surface area contributed by atoms with E-state index < -0.39 is 0 Å². The summed E-state index contributed by atoms with van der Waals surface area (Å²) in [5, 5.41) is 11.8. The number of rotatable bonds is 3. The molecule has 0 aliphatic rings. The van der Waals surface area contributed by atoms with Crippen molar-refractivity contribution in [3.8, 4) is 6.07 Å². The predicted molar refractivity (Wildman–Crippen MR) is 78.9 cm³/mol. The second-order valence-corrected chi connectivity index (χ2v) is 4.91. The van der Waals surface area contributed by atoms with Gasteiger partial charge >= 0.3 is 0 Å². The summed E-state index contributed by atoms with van der Waals surface area (Å²) in [4.78, 5) is 16.2. The van der Waals surface area contributed by atoms with E-state index in [-0.39, 0.29) is 12.5 Å². The Balaban J connectivity index is 2.26. The number of halogens is 1. The summed E-state index contributed by atoms with van der Waals surface area (Å²) >= 11 is 3.28. The largest absolute Gasteiger partial charge is 0.325 e. The number of nitrogens with zero attached hydrogens (tertiary/aromatic N) is 2. The molecule has 0 saturated carbocycles. The molecule has 2 rings (SSSR count). The van der Waals surface area contributed by atoms with Crippen LogP contribution in [0.4, 0.5) is 5.69 Å². The number of anilines is 1. The van der Waals surface area contributed by atoms with Gasteiger partial charge in [-0.1, -0.05) is 15.9 Å². The molecule has 0 saturated heterocycles. The van der Waals surface area contributed by atoms with Crippen molar-refractivity contribution in [1.29, 1.82) is 5.26 Å². The number of pyridine rings is 1. The van der Waals surface area contributed by atoms with Crippen molar-refractivity contribution >= 4 is 27.5 Å². The highest BCUT2D eigenvalue weighted by atomic mass is 79.9. The maximum atomic E-state index is 12.1. The third-order valence-corrected chi connectivity index (χ3v) is 3.13. The van der Waals surface area contributed by atoms with E-state index in [9.17, 15) is 4.79 Å². The number of carbonyl (C=O) groups excluding carboxylic acids is 1. The van der Waals surface area contributed by atoms with Crippen molar-refractivity contribution in [3.05, 3.63) is 57.8 Å². The average Bonchev–Trinajstić information content (AvgIpc) is 2.49. The van der Waals surface area contributed by atoms with Crippen molar-refractivity contribution in [1.82, 2.24) is 4.98 Å². The van der Waals surface area contributed by atoms with Gasteiger partial charge in [-0.05, 0) is 30.3 Å². The molecule has 5 nitrogen and oxygen atoms in total. The van der Waals surface area contributed by atoms with Gasteiger partial charge in [0, 0.05) is 22.8 Å². The monoisotopic (exact) mass is 330 g/mol. The Kier molecular flexibility index (Phi) is 4.45. The van der Waals surface area contributed by atoms with Crippen LogP contribution in [0.1, 0.15) is 21.6 Å². The summed E-state index contributed by atoms with van der Waals surface area (Å²) in [7, 11) is 0. The Morgan fingerprint density at radius 2 is 2.20 bits per heavy atom. The lowest BCUT2D eigenvalue weighted by Crippen LogP contribution is -2.14. The van der Waals surface area contributed by atoms with Crippen LogP contribution in [0.15, 0.2) is 41.0 Å². The molecule has 1 aromatic heterocycles. The molecule has 2 aromatic rings. The van der Waals surface area contributed by atoms with Crippen LogP contribution >= 0.6 is 15.9 Å². The first-order chi connectivity index (χ1) is 9.63. The second kappa shape index (κ2) is 6.28. The molecule has 3 N–H and O–H groups in total. The van der Waals surface area contributed by atoms with Crippen LogP contribution in [0.5, 0.6) is 0 Å². The van der Waals surface area contributed by atoms with Gasteiger partial charge in [-0.3, -0.25) is 9.78 Å². The van der Waals surface area contributed by atoms with Gasteiger partial charge in [0.05, 0.1) is 16.9 Å². The number of aromatic nitrogens is 1. The van der Waals surface area contributed by atoms with Crippen LogP contribution < -0.4 is 11.1 Å². The van der Waals surface area contributed by atoms with E-state index in [4.69, 9.17) is 11.0 Å². The minimum Gasteiger partial charge on any atom is -0.325 e. The average molecular weight is 331 g/mol. The van der Waals surface area contributed by atoms with Gasteiger partial charge in [-0.25, -0.2) is 0 Å². The quantitative estimate of drug-likeness (QED) is 0.903. The minimum atomic E-state index is -0.305. The molecule has 1 amide bonds. The van der Waals surface area contributed by atoms with Crippen molar-refractivity contribution in [2.24, 2.45) is 5.73 Å². The highest BCUT2D eigenvalue weighted by molar-refractivity contribution is 9.10. The topological polar surface area (TPSA) is 91.8 Å². The number of hydrogen-bond donors (Lipinski definition) is 2. The molecule has 0 atom stereocenters. The van der Waals surface area contributed by atoms with Crippen LogP contribution in [0, 0.1) is 11.3 Å². The Labute approximate surface area is 124 Å². The van der Waals surface area contributed by atoms with Gasteiger partial charge in [-0.2, -0.15) is 5.26 Å². The Hall–Kier alpha value is -2.23. The predicted octanol–water partition coefficient (Wildman–Crippen LogP) is 2.43. The first kappa shape index (κ1) is 14.2. The number of nitrogens with one attached hydrogen (secondary N) is 1. The van der Waals surface area contributed by atoms with E-state index in [0.717, 1.165) is 4.47 Å². The Morgan fingerprint density at radius 1 is 1.40 bits per heavy atom. The molecule has 100 valence electrons. The molecule has 0 spiro atoms. The SMILES string of the molecule is N#Cc1cc(Br)ccc1NC(=O)c1ccnc(CN)c1. The molecule has 0 aliphatic carbocycles. The lowest BCUT2D eigenvalue weighted by molar-refractivity contribution is 0.102. The van der Waals surface area contributed by atoms with Crippen LogP contribution in [0.25, 0.3) is 0 Å². The summed E-state index contributed by atoms with van der Waals surface area (Å²) in [6.45, 7) is 0.267. The zero-order valence-corrected chi connectivity index (χ0v) is 12.0. The summed E-state index contributed by atoms with van der Waals surface area (Å²) in [6.07, 6.45) is 1.53. The van der Waals surface area contributed by atoms with E-state index >= 15 is 0 Å². The third kappa shape index (κ3) is 3.20. The highest BCUT2D eigenvalue weighted by Gasteiger charge is 2.10. The maximum Gasteiger partial charge on any atom is 0.255 e. The lowest BCUT2D eigenvalue weighted by atomic mass is 10.1. The second-order valence-electron chi connectivity index (χ2n) is 4.00. The van der Waals surface area contributed by atoms with Crippen LogP contribution in [0.2, 0.25) is 0 Å². The highest BCUT2D eigenvalue weighted by Crippen LogP contribution is 2.21. The molecule has 1 aromatic carbocycles. The van der Waals surface area contributed by atoms with E-state index in [1.165, 1.54) is 6.20 Å². The standard InChI is InChI=1S/C14H11BrN4O/c15-11-1-2-13(10(5-11)7-16)19-14(20)9-3-4-18-12(6-9)8-17/h1-6H,8,17H2,(H,19,20). The fraction of sp³-hybridized carbons (Fsp3) is 0.0714. The van der Waals surface area contributed by atoms with Gasteiger partial charge in [-0.15, -0.1) is 0 Å². The number of nitriles is 1. The van der Waals surface area contributed by atoms with E-state index in [0.29, 0.717) is 22.5 Å². The molecule has 6 heteroatoms. The van der Waals surface area contributed by atoms with Crippen LogP contribution in [0.3, 0.4) is 0 Å². The van der Waals surface area contributed by atoms with Crippen LogP contribution in [-0.4, -0.2) is 10.9 Å². The number of benzene rings is 1. The maximum absolute atomic E-state index is 12.1. The normalized spacial score (nSPS) is 9.85. The molecule has 0 aliphatic heterocycles. The van der Waals surface area contributed by atoms with Crippen molar-refractivity contribution < 1.29 is 4.79 Å². The molecule has 20 heavy (non-hydrogen) atoms. The number of carbonyl (C=O) groups is 1. The summed E-state index contributed by atoms with van der Waals surface area (Å²) in [5.74, 6) is -0.305. The van der Waals surface area contributed by atoms with Gasteiger partial charge in [0.1, 0.15) is 6.07 Å². The molecular formula is C14H11BrN4O. The zero-order chi connectivity index (χ0) is 14.5.